The molecule has 3 nitrogen and oxygen atoms in total. The smallest absolute Gasteiger partial charge is 0.330 e. The molecule has 22 heavy (non-hydrogen) atoms. The third kappa shape index (κ3) is 6.93. The number of hydrogen-bond acceptors (Lipinski definition) is 3. The van der Waals surface area contributed by atoms with Crippen molar-refractivity contribution < 1.29 is 14.3 Å². The molecule has 1 rings (SSSR count). The van der Waals surface area contributed by atoms with Crippen molar-refractivity contribution in [3.05, 3.63) is 53.9 Å². The Bertz CT molecular complexity index is 602. The molecule has 0 saturated heterocycles. The van der Waals surface area contributed by atoms with E-state index in [1.165, 1.54) is 6.08 Å². The van der Waals surface area contributed by atoms with Crippen LogP contribution >= 0.6 is 0 Å². The summed E-state index contributed by atoms with van der Waals surface area (Å²) in [4.78, 5) is 10.8. The molecule has 0 heterocycles. The first-order valence-electron chi connectivity index (χ1n) is 7.51. The second-order valence-electron chi connectivity index (χ2n) is 4.90. The topological polar surface area (TPSA) is 35.5 Å². The molecule has 1 aromatic rings. The fourth-order valence-electron chi connectivity index (χ4n) is 1.92. The van der Waals surface area contributed by atoms with Crippen LogP contribution < -0.4 is 15.2 Å². The van der Waals surface area contributed by atoms with Gasteiger partial charge in [-0.2, -0.15) is 0 Å². The summed E-state index contributed by atoms with van der Waals surface area (Å²) in [6.07, 6.45) is 8.75. The van der Waals surface area contributed by atoms with Gasteiger partial charge in [0.15, 0.2) is 0 Å². The lowest BCUT2D eigenvalue weighted by molar-refractivity contribution is -0.137. The number of rotatable bonds is 10. The van der Waals surface area contributed by atoms with Crippen molar-refractivity contribution in [1.82, 2.24) is 0 Å². The number of hydrogen-bond donors (Lipinski definition) is 0. The highest BCUT2D eigenvalue weighted by Gasteiger charge is 1.97. The van der Waals surface area contributed by atoms with E-state index >= 15 is 0 Å². The van der Waals surface area contributed by atoms with E-state index in [0.29, 0.717) is 13.2 Å². The second-order valence-corrected chi connectivity index (χ2v) is 4.90. The zero-order chi connectivity index (χ0) is 16.2. The normalized spacial score (nSPS) is 11.0. The number of carbonyl (C=O) groups is 1. The van der Waals surface area contributed by atoms with E-state index < -0.39 is 0 Å². The van der Waals surface area contributed by atoms with Crippen LogP contribution in [0, 0.1) is 0 Å². The summed E-state index contributed by atoms with van der Waals surface area (Å²) in [6, 6.07) is 5.84. The van der Waals surface area contributed by atoms with Crippen molar-refractivity contribution in [1.29, 1.82) is 0 Å². The van der Waals surface area contributed by atoms with Gasteiger partial charge in [0.1, 0.15) is 5.75 Å². The summed E-state index contributed by atoms with van der Waals surface area (Å²) >= 11 is 0. The quantitative estimate of drug-likeness (QED) is 0.379. The van der Waals surface area contributed by atoms with Gasteiger partial charge in [-0.15, -0.1) is 0 Å². The van der Waals surface area contributed by atoms with Crippen LogP contribution in [0.3, 0.4) is 0 Å². The Morgan fingerprint density at radius 1 is 1.09 bits per heavy atom. The molecular formula is C19H24O3. The minimum atomic E-state index is -0.357. The largest absolute Gasteiger partial charge is 0.494 e. The number of esters is 1. The molecule has 0 radical (unpaired) electrons. The number of carbonyl (C=O) groups excluding carboxylic acids is 1. The molecule has 118 valence electrons. The van der Waals surface area contributed by atoms with E-state index in [1.807, 2.05) is 24.3 Å². The molecule has 0 atom stereocenters. The van der Waals surface area contributed by atoms with Gasteiger partial charge < -0.3 is 9.47 Å². The van der Waals surface area contributed by atoms with Crippen molar-refractivity contribution in [2.75, 3.05) is 13.2 Å². The number of benzene rings is 1. The first kappa shape index (κ1) is 17.8. The maximum Gasteiger partial charge on any atom is 0.330 e. The lowest BCUT2D eigenvalue weighted by atomic mass is 10.2. The first-order chi connectivity index (χ1) is 10.7. The Morgan fingerprint density at radius 2 is 1.82 bits per heavy atom. The highest BCUT2D eigenvalue weighted by Crippen LogP contribution is 2.07. The van der Waals surface area contributed by atoms with Crippen LogP contribution in [0.5, 0.6) is 5.75 Å². The minimum absolute atomic E-state index is 0.357. The second kappa shape index (κ2) is 10.4. The highest BCUT2D eigenvalue weighted by molar-refractivity contribution is 5.81. The van der Waals surface area contributed by atoms with Crippen molar-refractivity contribution >= 4 is 18.6 Å². The molecule has 0 aliphatic rings. The lowest BCUT2D eigenvalue weighted by Gasteiger charge is -2.06. The Hall–Kier alpha value is -2.29. The van der Waals surface area contributed by atoms with Crippen LogP contribution in [0.2, 0.25) is 0 Å². The fraction of sp³-hybridized carbons (Fsp3) is 0.316. The first-order valence-corrected chi connectivity index (χ1v) is 7.51. The molecule has 0 amide bonds. The maximum absolute atomic E-state index is 10.8. The average molecular weight is 300 g/mol. The van der Waals surface area contributed by atoms with Crippen molar-refractivity contribution in [2.24, 2.45) is 0 Å². The van der Waals surface area contributed by atoms with E-state index in [2.05, 4.69) is 19.7 Å². The molecular weight excluding hydrogens is 276 g/mol. The van der Waals surface area contributed by atoms with Gasteiger partial charge in [-0.3, -0.25) is 0 Å². The van der Waals surface area contributed by atoms with Crippen molar-refractivity contribution in [3.8, 4) is 5.75 Å². The van der Waals surface area contributed by atoms with Crippen LogP contribution in [-0.4, -0.2) is 19.2 Å². The van der Waals surface area contributed by atoms with Crippen molar-refractivity contribution in [3.63, 3.8) is 0 Å². The van der Waals surface area contributed by atoms with E-state index in [0.717, 1.165) is 41.9 Å². The van der Waals surface area contributed by atoms with Crippen LogP contribution in [-0.2, 0) is 9.53 Å². The molecule has 1 aromatic carbocycles. The third-order valence-corrected chi connectivity index (χ3v) is 3.13. The van der Waals surface area contributed by atoms with Crippen molar-refractivity contribution in [2.45, 2.75) is 25.7 Å². The Balaban J connectivity index is 2.20. The minimum Gasteiger partial charge on any atom is -0.494 e. The van der Waals surface area contributed by atoms with E-state index in [-0.39, 0.29) is 5.97 Å². The van der Waals surface area contributed by atoms with Gasteiger partial charge in [-0.05, 0) is 48.3 Å². The SMILES string of the molecule is C=C/C=c1/cc(OCCCCCCOC(=O)C=C)ccc1=C. The third-order valence-electron chi connectivity index (χ3n) is 3.13. The van der Waals surface area contributed by atoms with Gasteiger partial charge in [-0.1, -0.05) is 38.0 Å². The zero-order valence-electron chi connectivity index (χ0n) is 13.1. The van der Waals surface area contributed by atoms with Crippen LogP contribution in [0.25, 0.3) is 12.7 Å². The Morgan fingerprint density at radius 3 is 2.50 bits per heavy atom. The molecule has 0 saturated carbocycles. The van der Waals surface area contributed by atoms with Gasteiger partial charge in [0.2, 0.25) is 0 Å². The number of ether oxygens (including phenoxy) is 2. The Kier molecular flexibility index (Phi) is 8.43. The van der Waals surface area contributed by atoms with Crippen LogP contribution in [0.1, 0.15) is 25.7 Å². The summed E-state index contributed by atoms with van der Waals surface area (Å²) in [6.45, 7) is 12.1. The molecule has 0 N–H and O–H groups in total. The van der Waals surface area contributed by atoms with E-state index in [1.54, 1.807) is 6.08 Å². The maximum atomic E-state index is 10.8. The summed E-state index contributed by atoms with van der Waals surface area (Å²) in [5.74, 6) is 0.491. The summed E-state index contributed by atoms with van der Waals surface area (Å²) in [7, 11) is 0. The molecule has 0 unspecified atom stereocenters. The Labute approximate surface area is 132 Å². The highest BCUT2D eigenvalue weighted by atomic mass is 16.5. The molecule has 0 fully saturated rings. The lowest BCUT2D eigenvalue weighted by Crippen LogP contribution is -2.22. The van der Waals surface area contributed by atoms with Gasteiger partial charge in [0.25, 0.3) is 0 Å². The summed E-state index contributed by atoms with van der Waals surface area (Å²) in [5.41, 5.74) is 0. The van der Waals surface area contributed by atoms with Gasteiger partial charge in [0, 0.05) is 6.08 Å². The van der Waals surface area contributed by atoms with Crippen LogP contribution in [0.15, 0.2) is 43.5 Å². The number of unbranched alkanes of at least 4 members (excludes halogenated alkanes) is 3. The van der Waals surface area contributed by atoms with E-state index in [9.17, 15) is 4.79 Å². The van der Waals surface area contributed by atoms with Gasteiger partial charge >= 0.3 is 5.97 Å². The summed E-state index contributed by atoms with van der Waals surface area (Å²) < 4.78 is 10.6. The monoisotopic (exact) mass is 300 g/mol. The number of allylic oxidation sites excluding steroid dienone is 1. The molecule has 0 bridgehead atoms. The fourth-order valence-corrected chi connectivity index (χ4v) is 1.92. The zero-order valence-corrected chi connectivity index (χ0v) is 13.1. The van der Waals surface area contributed by atoms with Gasteiger partial charge in [-0.25, -0.2) is 4.79 Å². The van der Waals surface area contributed by atoms with Gasteiger partial charge in [0.05, 0.1) is 13.2 Å². The predicted octanol–water partition coefficient (Wildman–Crippen LogP) is 2.73. The average Bonchev–Trinajstić information content (AvgIpc) is 2.52. The standard InChI is InChI=1S/C19H24O3/c1-4-10-17-15-18(12-11-16(17)3)21-13-8-6-7-9-14-22-19(20)5-2/h4-5,10-12,15H,1-3,6-9,13-14H2/b17-10-. The molecule has 0 aliphatic carbocycles. The van der Waals surface area contributed by atoms with Crippen LogP contribution in [0.4, 0.5) is 0 Å². The molecule has 0 aromatic heterocycles. The molecule has 0 spiro atoms. The molecule has 3 heteroatoms. The molecule has 0 aliphatic heterocycles. The predicted molar refractivity (Wildman–Crippen MR) is 91.0 cm³/mol. The summed E-state index contributed by atoms with van der Waals surface area (Å²) in [5, 5.41) is 1.98. The van der Waals surface area contributed by atoms with E-state index in [4.69, 9.17) is 9.47 Å².